The van der Waals surface area contributed by atoms with Crippen molar-refractivity contribution < 1.29 is 24.2 Å². The van der Waals surface area contributed by atoms with Gasteiger partial charge in [-0.2, -0.15) is 0 Å². The number of anilines is 1. The minimum absolute atomic E-state index is 0.0789. The Bertz CT molecular complexity index is 1420. The molecule has 2 aliphatic rings. The van der Waals surface area contributed by atoms with Crippen LogP contribution in [0.2, 0.25) is 18.6 Å². The van der Waals surface area contributed by atoms with E-state index in [1.165, 1.54) is 11.7 Å². The maximum atomic E-state index is 14.3. The van der Waals surface area contributed by atoms with Crippen LogP contribution in [0.15, 0.2) is 71.7 Å². The SMILES string of the molecule is COc1cccn(-c2cccc(CN3C(=O)[C@@]4(O[C@@H](CCO)[C@H]([Si](C)(C)O)[C@H]4C)c4ccccc43)c2)c1=O. The van der Waals surface area contributed by atoms with E-state index in [4.69, 9.17) is 9.47 Å². The number of hydrogen-bond donors (Lipinski definition) is 2. The molecule has 2 N–H and O–H groups in total. The molecule has 2 aromatic carbocycles. The number of aromatic nitrogens is 1. The van der Waals surface area contributed by atoms with E-state index in [-0.39, 0.29) is 41.8 Å². The molecule has 0 unspecified atom stereocenters. The van der Waals surface area contributed by atoms with E-state index in [0.29, 0.717) is 12.1 Å². The van der Waals surface area contributed by atoms with Crippen molar-refractivity contribution in [2.75, 3.05) is 18.6 Å². The first-order valence-corrected chi connectivity index (χ1v) is 15.9. The van der Waals surface area contributed by atoms with Crippen LogP contribution in [-0.2, 0) is 21.7 Å². The van der Waals surface area contributed by atoms with Gasteiger partial charge in [-0.25, -0.2) is 0 Å². The maximum absolute atomic E-state index is 14.3. The van der Waals surface area contributed by atoms with Gasteiger partial charge >= 0.3 is 0 Å². The number of rotatable bonds is 7. The zero-order valence-corrected chi connectivity index (χ0v) is 23.1. The third-order valence-corrected chi connectivity index (χ3v) is 10.5. The monoisotopic (exact) mass is 534 g/mol. The summed E-state index contributed by atoms with van der Waals surface area (Å²) in [6, 6.07) is 18.5. The summed E-state index contributed by atoms with van der Waals surface area (Å²) in [5, 5.41) is 9.73. The van der Waals surface area contributed by atoms with Crippen molar-refractivity contribution in [2.45, 2.75) is 50.2 Å². The summed E-state index contributed by atoms with van der Waals surface area (Å²) in [5.74, 6) is -0.192. The number of aliphatic hydroxyl groups excluding tert-OH is 1. The average molecular weight is 535 g/mol. The first kappa shape index (κ1) is 26.4. The van der Waals surface area contributed by atoms with Gasteiger partial charge in [0.2, 0.25) is 0 Å². The Labute approximate surface area is 223 Å². The summed E-state index contributed by atoms with van der Waals surface area (Å²) in [6.07, 6.45) is 1.63. The number of ether oxygens (including phenoxy) is 2. The molecule has 3 heterocycles. The molecule has 0 aliphatic carbocycles. The van der Waals surface area contributed by atoms with Gasteiger partial charge in [0.25, 0.3) is 11.5 Å². The van der Waals surface area contributed by atoms with Gasteiger partial charge in [0, 0.05) is 35.5 Å². The number of pyridine rings is 1. The van der Waals surface area contributed by atoms with E-state index in [1.54, 1.807) is 23.2 Å². The standard InChI is InChI=1S/C29H34N2O6Si/c1-19-26(38(3,4)35)24(14-16-32)37-29(19)22-11-5-6-12-23(22)31(28(29)34)18-20-9-7-10-21(17-20)30-15-8-13-25(36-2)27(30)33/h5-13,15,17,19,24,26,32,35H,14,16,18H2,1-4H3/t19-,24+,26-,29+/m1/s1. The number of para-hydroxylation sites is 1. The Morgan fingerprint density at radius 2 is 1.84 bits per heavy atom. The highest BCUT2D eigenvalue weighted by Crippen LogP contribution is 2.59. The second-order valence-corrected chi connectivity index (χ2v) is 14.7. The summed E-state index contributed by atoms with van der Waals surface area (Å²) in [4.78, 5) is 40.0. The molecule has 0 radical (unpaired) electrons. The molecule has 1 aromatic heterocycles. The van der Waals surface area contributed by atoms with Crippen molar-refractivity contribution >= 4 is 19.9 Å². The van der Waals surface area contributed by atoms with E-state index in [1.807, 2.05) is 68.5 Å². The maximum Gasteiger partial charge on any atom is 0.297 e. The largest absolute Gasteiger partial charge is 0.491 e. The smallest absolute Gasteiger partial charge is 0.297 e. The van der Waals surface area contributed by atoms with Crippen LogP contribution in [0.25, 0.3) is 5.69 Å². The lowest BCUT2D eigenvalue weighted by molar-refractivity contribution is -0.146. The molecule has 200 valence electrons. The minimum Gasteiger partial charge on any atom is -0.491 e. The number of nitrogens with zero attached hydrogens (tertiary/aromatic N) is 2. The first-order valence-electron chi connectivity index (χ1n) is 12.9. The summed E-state index contributed by atoms with van der Waals surface area (Å²) in [6.45, 7) is 5.94. The number of carbonyl (C=O) groups is 1. The molecule has 0 bridgehead atoms. The molecule has 1 fully saturated rings. The number of amides is 1. The molecular formula is C29H34N2O6Si. The highest BCUT2D eigenvalue weighted by molar-refractivity contribution is 6.71. The Morgan fingerprint density at radius 1 is 1.08 bits per heavy atom. The Morgan fingerprint density at radius 3 is 2.55 bits per heavy atom. The third-order valence-electron chi connectivity index (χ3n) is 7.97. The predicted molar refractivity (Wildman–Crippen MR) is 147 cm³/mol. The fraction of sp³-hybridized carbons (Fsp3) is 0.379. The number of fused-ring (bicyclic) bond motifs is 2. The van der Waals surface area contributed by atoms with Crippen molar-refractivity contribution in [1.82, 2.24) is 4.57 Å². The van der Waals surface area contributed by atoms with Gasteiger partial charge in [0.1, 0.15) is 0 Å². The van der Waals surface area contributed by atoms with Gasteiger partial charge in [-0.05, 0) is 55.4 Å². The van der Waals surface area contributed by atoms with Gasteiger partial charge in [-0.1, -0.05) is 37.3 Å². The predicted octanol–water partition coefficient (Wildman–Crippen LogP) is 3.57. The summed E-state index contributed by atoms with van der Waals surface area (Å²) >= 11 is 0. The topological polar surface area (TPSA) is 101 Å². The van der Waals surface area contributed by atoms with Crippen molar-refractivity contribution in [3.8, 4) is 11.4 Å². The molecule has 9 heteroatoms. The van der Waals surface area contributed by atoms with Crippen LogP contribution in [0.1, 0.15) is 24.5 Å². The Balaban J connectivity index is 1.54. The molecule has 38 heavy (non-hydrogen) atoms. The molecule has 0 saturated carbocycles. The lowest BCUT2D eigenvalue weighted by Crippen LogP contribution is -2.46. The number of hydrogen-bond acceptors (Lipinski definition) is 6. The van der Waals surface area contributed by atoms with Crippen molar-refractivity contribution in [3.05, 3.63) is 88.3 Å². The minimum atomic E-state index is -2.74. The lowest BCUT2D eigenvalue weighted by atomic mass is 9.82. The van der Waals surface area contributed by atoms with E-state index < -0.39 is 20.0 Å². The second-order valence-electron chi connectivity index (χ2n) is 10.7. The molecule has 5 rings (SSSR count). The molecule has 1 amide bonds. The quantitative estimate of drug-likeness (QED) is 0.450. The van der Waals surface area contributed by atoms with Crippen LogP contribution < -0.4 is 15.2 Å². The molecule has 1 saturated heterocycles. The van der Waals surface area contributed by atoms with E-state index in [0.717, 1.165) is 16.8 Å². The van der Waals surface area contributed by atoms with Crippen molar-refractivity contribution in [3.63, 3.8) is 0 Å². The Kier molecular flexibility index (Phi) is 6.81. The van der Waals surface area contributed by atoms with Gasteiger partial charge in [0.15, 0.2) is 19.7 Å². The summed E-state index contributed by atoms with van der Waals surface area (Å²) in [5.41, 5.74) is 1.38. The number of carbonyl (C=O) groups excluding carboxylic acids is 1. The van der Waals surface area contributed by atoms with Crippen LogP contribution in [0.5, 0.6) is 5.75 Å². The van der Waals surface area contributed by atoms with E-state index in [9.17, 15) is 19.5 Å². The zero-order valence-electron chi connectivity index (χ0n) is 22.1. The fourth-order valence-electron chi connectivity index (χ4n) is 6.41. The van der Waals surface area contributed by atoms with Crippen LogP contribution in [0, 0.1) is 5.92 Å². The lowest BCUT2D eigenvalue weighted by Gasteiger charge is -2.32. The third kappa shape index (κ3) is 4.10. The van der Waals surface area contributed by atoms with Crippen LogP contribution in [-0.4, -0.2) is 48.5 Å². The summed E-state index contributed by atoms with van der Waals surface area (Å²) in [7, 11) is -1.27. The molecule has 3 aromatic rings. The number of aliphatic hydroxyl groups is 1. The molecule has 8 nitrogen and oxygen atoms in total. The van der Waals surface area contributed by atoms with Crippen LogP contribution in [0.4, 0.5) is 5.69 Å². The highest BCUT2D eigenvalue weighted by atomic mass is 28.4. The van der Waals surface area contributed by atoms with Gasteiger partial charge < -0.3 is 24.3 Å². The average Bonchev–Trinajstić information content (AvgIpc) is 3.31. The fourth-order valence-corrected chi connectivity index (χ4v) is 9.01. The van der Waals surface area contributed by atoms with E-state index in [2.05, 4.69) is 0 Å². The number of methoxy groups -OCH3 is 1. The normalized spacial score (nSPS) is 24.7. The van der Waals surface area contributed by atoms with Gasteiger partial charge in [-0.15, -0.1) is 0 Å². The zero-order chi connectivity index (χ0) is 27.2. The molecular weight excluding hydrogens is 500 g/mol. The molecule has 4 atom stereocenters. The molecule has 2 aliphatic heterocycles. The van der Waals surface area contributed by atoms with Crippen molar-refractivity contribution in [2.24, 2.45) is 5.92 Å². The first-order chi connectivity index (χ1) is 18.1. The van der Waals surface area contributed by atoms with Gasteiger partial charge in [0.05, 0.1) is 25.4 Å². The second kappa shape index (κ2) is 9.81. The van der Waals surface area contributed by atoms with Crippen LogP contribution in [0.3, 0.4) is 0 Å². The van der Waals surface area contributed by atoms with Crippen LogP contribution >= 0.6 is 0 Å². The highest BCUT2D eigenvalue weighted by Gasteiger charge is 2.65. The van der Waals surface area contributed by atoms with Crippen molar-refractivity contribution in [1.29, 1.82) is 0 Å². The number of benzene rings is 2. The Hall–Kier alpha value is -3.24. The van der Waals surface area contributed by atoms with E-state index >= 15 is 0 Å². The summed E-state index contributed by atoms with van der Waals surface area (Å²) < 4.78 is 13.3. The van der Waals surface area contributed by atoms with Gasteiger partial charge in [-0.3, -0.25) is 14.2 Å². The molecule has 1 spiro atoms.